The van der Waals surface area contributed by atoms with E-state index in [1.54, 1.807) is 0 Å². The molecule has 2 heterocycles. The van der Waals surface area contributed by atoms with E-state index in [2.05, 4.69) is 20.6 Å². The van der Waals surface area contributed by atoms with E-state index in [9.17, 15) is 22.8 Å². The normalized spacial score (nSPS) is 10.9. The highest BCUT2D eigenvalue weighted by Gasteiger charge is 2.17. The highest BCUT2D eigenvalue weighted by Crippen LogP contribution is 2.25. The van der Waals surface area contributed by atoms with E-state index in [1.807, 2.05) is 0 Å². The predicted octanol–water partition coefficient (Wildman–Crippen LogP) is 2.41. The minimum atomic E-state index is -2.79. The van der Waals surface area contributed by atoms with Gasteiger partial charge in [-0.25, -0.2) is 13.2 Å². The smallest absolute Gasteiger partial charge is 0.291 e. The average molecular weight is 367 g/mol. The Morgan fingerprint density at radius 2 is 1.84 bits per heavy atom. The van der Waals surface area contributed by atoms with Gasteiger partial charge in [-0.1, -0.05) is 11.3 Å². The zero-order chi connectivity index (χ0) is 18.0. The second kappa shape index (κ2) is 6.81. The van der Waals surface area contributed by atoms with Gasteiger partial charge in [0.2, 0.25) is 5.13 Å². The molecule has 0 saturated heterocycles. The Labute approximate surface area is 141 Å². The molecule has 25 heavy (non-hydrogen) atoms. The van der Waals surface area contributed by atoms with Gasteiger partial charge >= 0.3 is 0 Å². The maximum atomic E-state index is 13.0. The molecule has 128 valence electrons. The zero-order valence-corrected chi connectivity index (χ0v) is 13.0. The fraction of sp³-hybridized carbons (Fsp3) is 0.0714. The number of hydrogen-bond acceptors (Lipinski definition) is 6. The number of halogens is 3. The van der Waals surface area contributed by atoms with Crippen molar-refractivity contribution in [1.82, 2.24) is 20.0 Å². The maximum Gasteiger partial charge on any atom is 0.291 e. The van der Waals surface area contributed by atoms with Crippen LogP contribution in [0.25, 0.3) is 5.69 Å². The molecule has 0 bridgehead atoms. The van der Waals surface area contributed by atoms with Crippen molar-refractivity contribution in [2.75, 3.05) is 5.32 Å². The van der Waals surface area contributed by atoms with Crippen molar-refractivity contribution >= 4 is 22.4 Å². The number of carbonyl (C=O) groups excluding carboxylic acids is 1. The number of nitrogens with one attached hydrogen (secondary N) is 1. The van der Waals surface area contributed by atoms with Crippen LogP contribution in [0.4, 0.5) is 18.3 Å². The molecule has 0 saturated carbocycles. The molecule has 0 spiro atoms. The summed E-state index contributed by atoms with van der Waals surface area (Å²) in [7, 11) is 0. The quantitative estimate of drug-likeness (QED) is 0.765. The molecule has 0 aliphatic heterocycles. The molecule has 0 aliphatic carbocycles. The molecule has 0 atom stereocenters. The number of amides is 1. The first-order valence-electron chi connectivity index (χ1n) is 6.73. The van der Waals surface area contributed by atoms with Gasteiger partial charge in [0.1, 0.15) is 11.5 Å². The molecule has 0 aliphatic rings. The highest BCUT2D eigenvalue weighted by atomic mass is 32.1. The molecule has 3 rings (SSSR count). The molecule has 1 aromatic carbocycles. The lowest BCUT2D eigenvalue weighted by Crippen LogP contribution is -2.24. The van der Waals surface area contributed by atoms with Crippen LogP contribution in [0.2, 0.25) is 0 Å². The molecule has 11 heteroatoms. The fourth-order valence-corrected chi connectivity index (χ4v) is 2.43. The molecule has 3 aromatic rings. The van der Waals surface area contributed by atoms with Crippen LogP contribution in [0.3, 0.4) is 0 Å². The predicted molar refractivity (Wildman–Crippen MR) is 82.6 cm³/mol. The molecule has 0 fully saturated rings. The molecule has 1 amide bonds. The van der Waals surface area contributed by atoms with Gasteiger partial charge < -0.3 is 0 Å². The largest absolute Gasteiger partial charge is 0.295 e. The molecular weight excluding hydrogens is 359 g/mol. The number of hydrogen-bond donors (Lipinski definition) is 1. The van der Waals surface area contributed by atoms with Crippen LogP contribution in [-0.4, -0.2) is 25.9 Å². The number of aromatic nitrogens is 4. The fourth-order valence-electron chi connectivity index (χ4n) is 1.83. The van der Waals surface area contributed by atoms with E-state index >= 15 is 0 Å². The van der Waals surface area contributed by atoms with Crippen LogP contribution >= 0.6 is 11.3 Å². The summed E-state index contributed by atoms with van der Waals surface area (Å²) in [5, 5.41) is 12.2. The van der Waals surface area contributed by atoms with Crippen LogP contribution in [0.15, 0.2) is 41.2 Å². The summed E-state index contributed by atoms with van der Waals surface area (Å²) in [5.74, 6) is -1.25. The van der Waals surface area contributed by atoms with E-state index in [1.165, 1.54) is 18.2 Å². The Balaban J connectivity index is 1.86. The van der Waals surface area contributed by atoms with Crippen molar-refractivity contribution in [2.24, 2.45) is 0 Å². The van der Waals surface area contributed by atoms with Crippen molar-refractivity contribution in [3.63, 3.8) is 0 Å². The summed E-state index contributed by atoms with van der Waals surface area (Å²) in [6.07, 6.45) is -2.79. The van der Waals surface area contributed by atoms with Gasteiger partial charge in [0.25, 0.3) is 17.9 Å². The third kappa shape index (κ3) is 3.71. The van der Waals surface area contributed by atoms with E-state index in [-0.39, 0.29) is 16.5 Å². The molecule has 1 N–H and O–H groups in total. The zero-order valence-electron chi connectivity index (χ0n) is 12.2. The third-order valence-electron chi connectivity index (χ3n) is 2.95. The summed E-state index contributed by atoms with van der Waals surface area (Å²) in [4.78, 5) is 24.0. The summed E-state index contributed by atoms with van der Waals surface area (Å²) >= 11 is 0.527. The Morgan fingerprint density at radius 1 is 1.12 bits per heavy atom. The number of nitrogens with zero attached hydrogens (tertiary/aromatic N) is 4. The van der Waals surface area contributed by atoms with Gasteiger partial charge in [-0.05, 0) is 30.3 Å². The maximum absolute atomic E-state index is 13.0. The first-order chi connectivity index (χ1) is 11.9. The van der Waals surface area contributed by atoms with Gasteiger partial charge in [0.15, 0.2) is 5.01 Å². The van der Waals surface area contributed by atoms with Crippen LogP contribution in [0.1, 0.15) is 21.9 Å². The van der Waals surface area contributed by atoms with Gasteiger partial charge in [0.05, 0.1) is 5.69 Å². The lowest BCUT2D eigenvalue weighted by atomic mass is 10.3. The molecule has 0 radical (unpaired) electrons. The lowest BCUT2D eigenvalue weighted by molar-refractivity contribution is 0.102. The van der Waals surface area contributed by atoms with Gasteiger partial charge in [-0.3, -0.25) is 14.9 Å². The summed E-state index contributed by atoms with van der Waals surface area (Å²) in [5.41, 5.74) is -0.422. The second-order valence-corrected chi connectivity index (χ2v) is 5.65. The van der Waals surface area contributed by atoms with Crippen molar-refractivity contribution in [3.05, 3.63) is 63.3 Å². The topological polar surface area (TPSA) is 89.8 Å². The Hall–Kier alpha value is -3.08. The number of alkyl halides is 2. The van der Waals surface area contributed by atoms with E-state index in [0.29, 0.717) is 11.3 Å². The summed E-state index contributed by atoms with van der Waals surface area (Å²) in [6.45, 7) is 0. The van der Waals surface area contributed by atoms with E-state index in [4.69, 9.17) is 0 Å². The van der Waals surface area contributed by atoms with Crippen LogP contribution in [0.5, 0.6) is 0 Å². The number of benzene rings is 1. The van der Waals surface area contributed by atoms with Crippen molar-refractivity contribution in [2.45, 2.75) is 6.43 Å². The Kier molecular flexibility index (Phi) is 4.57. The average Bonchev–Trinajstić information content (AvgIpc) is 3.05. The van der Waals surface area contributed by atoms with Gasteiger partial charge in [0, 0.05) is 6.07 Å². The third-order valence-corrected chi connectivity index (χ3v) is 3.80. The van der Waals surface area contributed by atoms with E-state index < -0.39 is 28.7 Å². The highest BCUT2D eigenvalue weighted by molar-refractivity contribution is 7.15. The monoisotopic (exact) mass is 367 g/mol. The number of anilines is 1. The van der Waals surface area contributed by atoms with Gasteiger partial charge in [-0.2, -0.15) is 9.78 Å². The minimum absolute atomic E-state index is 0.123. The molecule has 0 unspecified atom stereocenters. The first-order valence-corrected chi connectivity index (χ1v) is 7.55. The Morgan fingerprint density at radius 3 is 2.48 bits per heavy atom. The summed E-state index contributed by atoms with van der Waals surface area (Å²) < 4.78 is 38.8. The second-order valence-electron chi connectivity index (χ2n) is 4.65. The SMILES string of the molecule is O=C(Nc1nnc(C(F)F)s1)c1ccc(=O)n(-c2ccc(F)cc2)n1. The van der Waals surface area contributed by atoms with Crippen molar-refractivity contribution in [3.8, 4) is 5.69 Å². The number of rotatable bonds is 4. The molecule has 7 nitrogen and oxygen atoms in total. The van der Waals surface area contributed by atoms with Crippen molar-refractivity contribution in [1.29, 1.82) is 0 Å². The first kappa shape index (κ1) is 16.8. The Bertz CT molecular complexity index is 971. The van der Waals surface area contributed by atoms with Crippen LogP contribution < -0.4 is 10.9 Å². The van der Waals surface area contributed by atoms with Crippen molar-refractivity contribution < 1.29 is 18.0 Å². The van der Waals surface area contributed by atoms with Crippen LogP contribution in [-0.2, 0) is 0 Å². The van der Waals surface area contributed by atoms with E-state index in [0.717, 1.165) is 22.9 Å². The number of carbonyl (C=O) groups is 1. The lowest BCUT2D eigenvalue weighted by Gasteiger charge is -2.06. The standard InChI is InChI=1S/C14H8F3N5O2S/c15-7-1-3-8(4-2-7)22-10(23)6-5-9(21-22)12(24)18-14-20-19-13(25-14)11(16)17/h1-6,11H,(H,18,20,24). The molecule has 2 aromatic heterocycles. The van der Waals surface area contributed by atoms with Gasteiger partial charge in [-0.15, -0.1) is 10.2 Å². The van der Waals surface area contributed by atoms with Crippen LogP contribution in [0, 0.1) is 5.82 Å². The minimum Gasteiger partial charge on any atom is -0.295 e. The molecular formula is C14H8F3N5O2S. The summed E-state index contributed by atoms with van der Waals surface area (Å²) in [6, 6.07) is 7.21.